The monoisotopic (exact) mass is 186 g/mol. The molecule has 0 aromatic heterocycles. The van der Waals surface area contributed by atoms with Crippen LogP contribution in [0.15, 0.2) is 0 Å². The molecule has 0 amide bonds. The highest BCUT2D eigenvalue weighted by Gasteiger charge is 2.46. The molecule has 0 saturated carbocycles. The molecule has 0 radical (unpaired) electrons. The molecule has 80 valence electrons. The van der Waals surface area contributed by atoms with Crippen molar-refractivity contribution in [1.82, 2.24) is 0 Å². The van der Waals surface area contributed by atoms with Crippen molar-refractivity contribution in [3.05, 3.63) is 0 Å². The van der Waals surface area contributed by atoms with Crippen LogP contribution >= 0.6 is 0 Å². The molecule has 0 fully saturated rings. The molecule has 1 nitrogen and oxygen atoms in total. The Balaban J connectivity index is 4.81. The molecule has 0 aromatic rings. The summed E-state index contributed by atoms with van der Waals surface area (Å²) in [5.74, 6) is 0. The van der Waals surface area contributed by atoms with Crippen molar-refractivity contribution in [2.45, 2.75) is 66.9 Å². The van der Waals surface area contributed by atoms with E-state index in [1.807, 2.05) is 13.8 Å². The molecule has 0 aliphatic carbocycles. The second-order valence-corrected chi connectivity index (χ2v) is 5.82. The summed E-state index contributed by atoms with van der Waals surface area (Å²) < 4.78 is 0. The molecule has 0 aliphatic heterocycles. The van der Waals surface area contributed by atoms with Crippen molar-refractivity contribution >= 4 is 0 Å². The Bertz CT molecular complexity index is 160. The molecule has 1 N–H and O–H groups in total. The van der Waals surface area contributed by atoms with Crippen LogP contribution in [0.25, 0.3) is 0 Å². The van der Waals surface area contributed by atoms with E-state index in [2.05, 4.69) is 34.6 Å². The first kappa shape index (κ1) is 13.0. The van der Waals surface area contributed by atoms with Crippen molar-refractivity contribution in [2.75, 3.05) is 0 Å². The Labute approximate surface area is 83.5 Å². The van der Waals surface area contributed by atoms with E-state index < -0.39 is 5.60 Å². The lowest BCUT2D eigenvalue weighted by molar-refractivity contribution is -0.104. The van der Waals surface area contributed by atoms with E-state index in [0.29, 0.717) is 0 Å². The van der Waals surface area contributed by atoms with Gasteiger partial charge in [-0.25, -0.2) is 0 Å². The summed E-state index contributed by atoms with van der Waals surface area (Å²) in [5, 5.41) is 10.1. The summed E-state index contributed by atoms with van der Waals surface area (Å²) in [6.45, 7) is 14.8. The van der Waals surface area contributed by atoms with Gasteiger partial charge in [0.1, 0.15) is 0 Å². The van der Waals surface area contributed by atoms with Gasteiger partial charge in [0.25, 0.3) is 0 Å². The minimum Gasteiger partial charge on any atom is -0.390 e. The van der Waals surface area contributed by atoms with E-state index in [-0.39, 0.29) is 10.8 Å². The minimum absolute atomic E-state index is 0.0595. The lowest BCUT2D eigenvalue weighted by Crippen LogP contribution is -2.48. The summed E-state index contributed by atoms with van der Waals surface area (Å²) in [6.07, 6.45) is 2.33. The molecule has 0 rings (SSSR count). The standard InChI is InChI=1S/C12H26O/c1-8-9-10(2,3)11(4,5)12(6,7)13/h13H,8-9H2,1-7H3. The molecule has 13 heavy (non-hydrogen) atoms. The van der Waals surface area contributed by atoms with Gasteiger partial charge in [-0.2, -0.15) is 0 Å². The highest BCUT2D eigenvalue weighted by molar-refractivity contribution is 4.96. The molecule has 0 unspecified atom stereocenters. The zero-order chi connectivity index (χ0) is 10.9. The van der Waals surface area contributed by atoms with Crippen LogP contribution in [0.2, 0.25) is 0 Å². The van der Waals surface area contributed by atoms with Gasteiger partial charge in [-0.05, 0) is 31.1 Å². The first-order valence-electron chi connectivity index (χ1n) is 5.28. The molecule has 0 heterocycles. The van der Waals surface area contributed by atoms with Crippen LogP contribution in [-0.2, 0) is 0 Å². The van der Waals surface area contributed by atoms with Crippen molar-refractivity contribution in [3.8, 4) is 0 Å². The second-order valence-electron chi connectivity index (χ2n) is 5.82. The topological polar surface area (TPSA) is 20.2 Å². The molecule has 0 aromatic carbocycles. The smallest absolute Gasteiger partial charge is 0.0647 e. The van der Waals surface area contributed by atoms with Crippen molar-refractivity contribution in [2.24, 2.45) is 10.8 Å². The van der Waals surface area contributed by atoms with Crippen LogP contribution in [0.4, 0.5) is 0 Å². The zero-order valence-corrected chi connectivity index (χ0v) is 10.4. The first-order chi connectivity index (χ1) is 5.56. The first-order valence-corrected chi connectivity index (χ1v) is 5.28. The van der Waals surface area contributed by atoms with Crippen LogP contribution in [0.1, 0.15) is 61.3 Å². The van der Waals surface area contributed by atoms with Crippen LogP contribution in [0.3, 0.4) is 0 Å². The normalized spacial score (nSPS) is 14.8. The van der Waals surface area contributed by atoms with Crippen LogP contribution < -0.4 is 0 Å². The second kappa shape index (κ2) is 3.61. The van der Waals surface area contributed by atoms with E-state index in [1.54, 1.807) is 0 Å². The highest BCUT2D eigenvalue weighted by Crippen LogP contribution is 2.48. The van der Waals surface area contributed by atoms with Gasteiger partial charge < -0.3 is 5.11 Å². The number of hydrogen-bond acceptors (Lipinski definition) is 1. The summed E-state index contributed by atoms with van der Waals surface area (Å²) in [5.41, 5.74) is -0.498. The molecule has 0 aliphatic rings. The van der Waals surface area contributed by atoms with Crippen LogP contribution in [0.5, 0.6) is 0 Å². The van der Waals surface area contributed by atoms with E-state index in [0.717, 1.165) is 6.42 Å². The minimum atomic E-state index is -0.619. The van der Waals surface area contributed by atoms with Crippen molar-refractivity contribution in [1.29, 1.82) is 0 Å². The average Bonchev–Trinajstić information content (AvgIpc) is 1.84. The Hall–Kier alpha value is -0.0400. The fourth-order valence-electron chi connectivity index (χ4n) is 1.77. The Morgan fingerprint density at radius 1 is 0.923 bits per heavy atom. The maximum absolute atomic E-state index is 10.1. The lowest BCUT2D eigenvalue weighted by atomic mass is 9.58. The van der Waals surface area contributed by atoms with Gasteiger partial charge in [0.15, 0.2) is 0 Å². The van der Waals surface area contributed by atoms with Gasteiger partial charge >= 0.3 is 0 Å². The maximum Gasteiger partial charge on any atom is 0.0647 e. The van der Waals surface area contributed by atoms with E-state index in [9.17, 15) is 5.11 Å². The summed E-state index contributed by atoms with van der Waals surface area (Å²) in [7, 11) is 0. The van der Waals surface area contributed by atoms with Gasteiger partial charge in [-0.1, -0.05) is 41.0 Å². The molecule has 1 heteroatoms. The van der Waals surface area contributed by atoms with E-state index in [4.69, 9.17) is 0 Å². The van der Waals surface area contributed by atoms with Gasteiger partial charge in [0.05, 0.1) is 5.60 Å². The highest BCUT2D eigenvalue weighted by atomic mass is 16.3. The molecule has 0 spiro atoms. The Kier molecular flexibility index (Phi) is 3.59. The molecular formula is C12H26O. The third kappa shape index (κ3) is 2.46. The van der Waals surface area contributed by atoms with E-state index in [1.165, 1.54) is 6.42 Å². The van der Waals surface area contributed by atoms with E-state index >= 15 is 0 Å². The maximum atomic E-state index is 10.1. The fourth-order valence-corrected chi connectivity index (χ4v) is 1.77. The molecule has 0 atom stereocenters. The Morgan fingerprint density at radius 2 is 1.31 bits per heavy atom. The summed E-state index contributed by atoms with van der Waals surface area (Å²) >= 11 is 0. The molecule has 0 saturated heterocycles. The van der Waals surface area contributed by atoms with Crippen molar-refractivity contribution in [3.63, 3.8) is 0 Å². The van der Waals surface area contributed by atoms with Gasteiger partial charge in [0.2, 0.25) is 0 Å². The SMILES string of the molecule is CCCC(C)(C)C(C)(C)C(C)(C)O. The predicted octanol–water partition coefficient (Wildman–Crippen LogP) is 3.61. The number of rotatable bonds is 4. The largest absolute Gasteiger partial charge is 0.390 e. The molecule has 0 bridgehead atoms. The average molecular weight is 186 g/mol. The molecular weight excluding hydrogens is 160 g/mol. The lowest BCUT2D eigenvalue weighted by Gasteiger charge is -2.49. The van der Waals surface area contributed by atoms with Crippen molar-refractivity contribution < 1.29 is 5.11 Å². The van der Waals surface area contributed by atoms with Crippen LogP contribution in [-0.4, -0.2) is 10.7 Å². The van der Waals surface area contributed by atoms with Crippen LogP contribution in [0, 0.1) is 10.8 Å². The zero-order valence-electron chi connectivity index (χ0n) is 10.4. The quantitative estimate of drug-likeness (QED) is 0.711. The van der Waals surface area contributed by atoms with Gasteiger partial charge in [0, 0.05) is 0 Å². The van der Waals surface area contributed by atoms with Gasteiger partial charge in [-0.15, -0.1) is 0 Å². The third-order valence-electron chi connectivity index (χ3n) is 4.10. The predicted molar refractivity (Wildman–Crippen MR) is 58.8 cm³/mol. The Morgan fingerprint density at radius 3 is 1.54 bits per heavy atom. The number of hydrogen-bond donors (Lipinski definition) is 1. The third-order valence-corrected chi connectivity index (χ3v) is 4.10. The fraction of sp³-hybridized carbons (Fsp3) is 1.00. The van der Waals surface area contributed by atoms with Gasteiger partial charge in [-0.3, -0.25) is 0 Å². The summed E-state index contributed by atoms with van der Waals surface area (Å²) in [6, 6.07) is 0. The number of aliphatic hydroxyl groups is 1. The summed E-state index contributed by atoms with van der Waals surface area (Å²) in [4.78, 5) is 0.